The number of para-hydroxylation sites is 1. The van der Waals surface area contributed by atoms with Crippen molar-refractivity contribution in [2.75, 3.05) is 13.2 Å². The van der Waals surface area contributed by atoms with Gasteiger partial charge in [0, 0.05) is 17.7 Å². The highest BCUT2D eigenvalue weighted by Gasteiger charge is 2.19. The number of pyridine rings is 1. The molecule has 0 amide bonds. The topological polar surface area (TPSA) is 131 Å². The second-order valence-corrected chi connectivity index (χ2v) is 11.7. The van der Waals surface area contributed by atoms with Crippen LogP contribution in [0.2, 0.25) is 0 Å². The number of rotatable bonds is 11. The molecule has 0 atom stereocenters. The van der Waals surface area contributed by atoms with Crippen LogP contribution in [0, 0.1) is 20.6 Å². The van der Waals surface area contributed by atoms with Crippen molar-refractivity contribution in [1.29, 1.82) is 0 Å². The lowest BCUT2D eigenvalue weighted by atomic mass is 9.96. The maximum atomic E-state index is 13.9. The summed E-state index contributed by atoms with van der Waals surface area (Å²) in [6.45, 7) is 10.9. The lowest BCUT2D eigenvalue weighted by molar-refractivity contribution is -0.385. The highest BCUT2D eigenvalue weighted by Crippen LogP contribution is 2.37. The molecule has 3 aromatic carbocycles. The lowest BCUT2D eigenvalue weighted by Gasteiger charge is -2.18. The molecular formula is C34H32IN5O6. The zero-order valence-corrected chi connectivity index (χ0v) is 28.1. The Hall–Kier alpha value is -4.85. The van der Waals surface area contributed by atoms with Crippen LogP contribution < -0.4 is 19.8 Å². The Labute approximate surface area is 279 Å². The SMILES string of the molecule is CCOc1cc(C)c(-c2nc3ccccc3c(=O)n2N=Cc2cc(I)c(Oc3ccc([N+](=O)[O-])cn3)c(OCC)c2)cc1C(C)C. The van der Waals surface area contributed by atoms with Crippen molar-refractivity contribution in [2.45, 2.75) is 40.5 Å². The second-order valence-electron chi connectivity index (χ2n) is 10.6. The van der Waals surface area contributed by atoms with Crippen molar-refractivity contribution in [3.8, 4) is 34.5 Å². The first-order chi connectivity index (χ1) is 22.1. The molecule has 0 aliphatic heterocycles. The van der Waals surface area contributed by atoms with Crippen LogP contribution in [-0.2, 0) is 0 Å². The van der Waals surface area contributed by atoms with Crippen molar-refractivity contribution in [3.05, 3.63) is 108 Å². The molecule has 0 aliphatic rings. The highest BCUT2D eigenvalue weighted by molar-refractivity contribution is 14.1. The van der Waals surface area contributed by atoms with Crippen molar-refractivity contribution >= 4 is 45.4 Å². The third-order valence-corrected chi connectivity index (χ3v) is 7.87. The largest absolute Gasteiger partial charge is 0.494 e. The van der Waals surface area contributed by atoms with E-state index in [1.165, 1.54) is 16.8 Å². The van der Waals surface area contributed by atoms with Gasteiger partial charge in [-0.3, -0.25) is 14.9 Å². The van der Waals surface area contributed by atoms with E-state index in [1.54, 1.807) is 24.4 Å². The summed E-state index contributed by atoms with van der Waals surface area (Å²) in [6, 6.07) is 17.5. The van der Waals surface area contributed by atoms with Gasteiger partial charge in [-0.25, -0.2) is 9.97 Å². The summed E-state index contributed by atoms with van der Waals surface area (Å²) in [5.74, 6) is 2.39. The van der Waals surface area contributed by atoms with Gasteiger partial charge in [0.1, 0.15) is 11.9 Å². The standard InChI is InChI=1S/C34H32IN5O6/c1-6-44-29-14-21(5)26(17-25(29)20(3)4)33-38-28-11-9-8-10-24(28)34(41)39(33)37-18-22-15-27(35)32(30(16-22)45-7-2)46-31-13-12-23(19-36-31)40(42)43/h8-20H,6-7H2,1-5H3. The van der Waals surface area contributed by atoms with Crippen LogP contribution in [0.5, 0.6) is 23.1 Å². The first-order valence-electron chi connectivity index (χ1n) is 14.7. The molecule has 5 aromatic rings. The first kappa shape index (κ1) is 32.5. The van der Waals surface area contributed by atoms with E-state index in [2.05, 4.69) is 46.5 Å². The number of halogens is 1. The molecule has 0 unspecified atom stereocenters. The molecule has 46 heavy (non-hydrogen) atoms. The molecule has 5 rings (SSSR count). The van der Waals surface area contributed by atoms with E-state index in [9.17, 15) is 14.9 Å². The quantitative estimate of drug-likeness (QED) is 0.0580. The van der Waals surface area contributed by atoms with E-state index in [0.717, 1.165) is 28.6 Å². The number of aromatic nitrogens is 3. The molecule has 2 aromatic heterocycles. The van der Waals surface area contributed by atoms with E-state index < -0.39 is 4.92 Å². The van der Waals surface area contributed by atoms with Crippen LogP contribution in [0.15, 0.2) is 76.8 Å². The molecule has 0 bridgehead atoms. The molecule has 0 radical (unpaired) electrons. The van der Waals surface area contributed by atoms with Crippen LogP contribution in [0.4, 0.5) is 5.69 Å². The summed E-state index contributed by atoms with van der Waals surface area (Å²) in [5, 5.41) is 16.1. The van der Waals surface area contributed by atoms with Gasteiger partial charge in [0.2, 0.25) is 5.88 Å². The molecule has 0 aliphatic carbocycles. The van der Waals surface area contributed by atoms with E-state index in [4.69, 9.17) is 19.2 Å². The Morgan fingerprint density at radius 3 is 2.46 bits per heavy atom. The Kier molecular flexibility index (Phi) is 9.95. The summed E-state index contributed by atoms with van der Waals surface area (Å²) >= 11 is 2.11. The molecule has 12 heteroatoms. The summed E-state index contributed by atoms with van der Waals surface area (Å²) in [7, 11) is 0. The van der Waals surface area contributed by atoms with Crippen molar-refractivity contribution < 1.29 is 19.1 Å². The number of aryl methyl sites for hydroxylation is 1. The molecule has 0 saturated heterocycles. The third kappa shape index (κ3) is 6.86. The van der Waals surface area contributed by atoms with Gasteiger partial charge in [-0.2, -0.15) is 9.78 Å². The Morgan fingerprint density at radius 2 is 1.78 bits per heavy atom. The number of fused-ring (bicyclic) bond motifs is 1. The molecular weight excluding hydrogens is 701 g/mol. The molecule has 11 nitrogen and oxygen atoms in total. The fourth-order valence-electron chi connectivity index (χ4n) is 4.87. The predicted molar refractivity (Wildman–Crippen MR) is 186 cm³/mol. The molecule has 0 saturated carbocycles. The molecule has 0 spiro atoms. The number of nitrogens with zero attached hydrogens (tertiary/aromatic N) is 5. The minimum absolute atomic E-state index is 0.141. The van der Waals surface area contributed by atoms with E-state index in [1.807, 2.05) is 51.1 Å². The van der Waals surface area contributed by atoms with Crippen LogP contribution in [0.1, 0.15) is 50.3 Å². The second kappa shape index (κ2) is 14.1. The predicted octanol–water partition coefficient (Wildman–Crippen LogP) is 7.88. The third-order valence-electron chi connectivity index (χ3n) is 7.07. The minimum Gasteiger partial charge on any atom is -0.494 e. The lowest BCUT2D eigenvalue weighted by Crippen LogP contribution is -2.21. The van der Waals surface area contributed by atoms with Gasteiger partial charge in [-0.1, -0.05) is 26.0 Å². The van der Waals surface area contributed by atoms with Gasteiger partial charge in [0.15, 0.2) is 17.3 Å². The Balaban J connectivity index is 1.61. The van der Waals surface area contributed by atoms with E-state index >= 15 is 0 Å². The maximum Gasteiger partial charge on any atom is 0.287 e. The molecule has 2 heterocycles. The monoisotopic (exact) mass is 733 g/mol. The summed E-state index contributed by atoms with van der Waals surface area (Å²) in [5.41, 5.74) is 3.45. The summed E-state index contributed by atoms with van der Waals surface area (Å²) < 4.78 is 19.8. The number of hydrogen-bond acceptors (Lipinski definition) is 9. The summed E-state index contributed by atoms with van der Waals surface area (Å²) in [4.78, 5) is 33.3. The average Bonchev–Trinajstić information content (AvgIpc) is 3.02. The van der Waals surface area contributed by atoms with Gasteiger partial charge in [-0.15, -0.1) is 0 Å². The summed E-state index contributed by atoms with van der Waals surface area (Å²) in [6.07, 6.45) is 2.71. The van der Waals surface area contributed by atoms with E-state index in [-0.39, 0.29) is 23.0 Å². The normalized spacial score (nSPS) is 11.4. The number of hydrogen-bond donors (Lipinski definition) is 0. The maximum absolute atomic E-state index is 13.9. The number of nitro groups is 1. The number of ether oxygens (including phenoxy) is 3. The van der Waals surface area contributed by atoms with Gasteiger partial charge >= 0.3 is 0 Å². The molecule has 236 valence electrons. The zero-order valence-electron chi connectivity index (χ0n) is 26.0. The zero-order chi connectivity index (χ0) is 33.0. The molecule has 0 fully saturated rings. The Morgan fingerprint density at radius 1 is 1.04 bits per heavy atom. The number of benzene rings is 3. The fourth-order valence-corrected chi connectivity index (χ4v) is 5.61. The van der Waals surface area contributed by atoms with Gasteiger partial charge in [0.05, 0.1) is 38.8 Å². The van der Waals surface area contributed by atoms with Crippen LogP contribution >= 0.6 is 22.6 Å². The van der Waals surface area contributed by atoms with Crippen LogP contribution in [0.3, 0.4) is 0 Å². The van der Waals surface area contributed by atoms with Gasteiger partial charge < -0.3 is 14.2 Å². The molecule has 0 N–H and O–H groups in total. The van der Waals surface area contributed by atoms with Gasteiger partial charge in [0.25, 0.3) is 11.2 Å². The fraction of sp³-hybridized carbons (Fsp3) is 0.235. The van der Waals surface area contributed by atoms with Crippen molar-refractivity contribution in [1.82, 2.24) is 14.6 Å². The van der Waals surface area contributed by atoms with Crippen LogP contribution in [0.25, 0.3) is 22.3 Å². The van der Waals surface area contributed by atoms with Gasteiger partial charge in [-0.05, 0) is 102 Å². The highest BCUT2D eigenvalue weighted by atomic mass is 127. The van der Waals surface area contributed by atoms with Crippen LogP contribution in [-0.4, -0.2) is 39.0 Å². The minimum atomic E-state index is -0.525. The van der Waals surface area contributed by atoms with Crippen molar-refractivity contribution in [3.63, 3.8) is 0 Å². The first-order valence-corrected chi connectivity index (χ1v) is 15.8. The Bertz CT molecular complexity index is 2010. The average molecular weight is 734 g/mol. The smallest absolute Gasteiger partial charge is 0.287 e. The van der Waals surface area contributed by atoms with Crippen molar-refractivity contribution in [2.24, 2.45) is 5.10 Å². The van der Waals surface area contributed by atoms with E-state index in [0.29, 0.717) is 50.6 Å².